The van der Waals surface area contributed by atoms with E-state index in [0.717, 1.165) is 31.6 Å². The Morgan fingerprint density at radius 2 is 1.93 bits per heavy atom. The van der Waals surface area contributed by atoms with Crippen LogP contribution < -0.4 is 11.1 Å². The van der Waals surface area contributed by atoms with Crippen molar-refractivity contribution in [3.63, 3.8) is 0 Å². The van der Waals surface area contributed by atoms with Gasteiger partial charge in [0, 0.05) is 43.3 Å². The number of nitrogens with one attached hydrogen (secondary N) is 1. The standard InChI is InChI=1S/C21H33N3O2.2ClH/c1-5-26-18-14-21(22,20(18,3)4)19(25)24-11-9-16(10-12-24)23-17-8-6-7-15(2)13-17;;/h6-8,13,16,18,23H,5,9-12,14,22H2,1-4H3;2*1H. The van der Waals surface area contributed by atoms with Gasteiger partial charge in [0.25, 0.3) is 0 Å². The third-order valence-corrected chi connectivity index (χ3v) is 6.38. The van der Waals surface area contributed by atoms with Crippen LogP contribution in [-0.2, 0) is 9.53 Å². The van der Waals surface area contributed by atoms with Crippen LogP contribution in [-0.4, -0.2) is 48.2 Å². The van der Waals surface area contributed by atoms with Crippen molar-refractivity contribution in [1.82, 2.24) is 4.90 Å². The van der Waals surface area contributed by atoms with E-state index < -0.39 is 5.54 Å². The second-order valence-corrected chi connectivity index (χ2v) is 8.42. The molecule has 1 aliphatic heterocycles. The molecule has 1 aromatic carbocycles. The highest BCUT2D eigenvalue weighted by atomic mass is 35.5. The number of carbonyl (C=O) groups is 1. The molecule has 1 saturated carbocycles. The highest BCUT2D eigenvalue weighted by molar-refractivity contribution is 5.89. The van der Waals surface area contributed by atoms with Gasteiger partial charge in [-0.05, 0) is 44.4 Å². The summed E-state index contributed by atoms with van der Waals surface area (Å²) in [4.78, 5) is 15.1. The number of benzene rings is 1. The second-order valence-electron chi connectivity index (χ2n) is 8.42. The Kier molecular flexibility index (Phi) is 8.63. The van der Waals surface area contributed by atoms with Gasteiger partial charge in [-0.2, -0.15) is 0 Å². The summed E-state index contributed by atoms with van der Waals surface area (Å²) in [5.74, 6) is 0.0902. The first kappa shape index (κ1) is 25.0. The molecule has 1 amide bonds. The van der Waals surface area contributed by atoms with Crippen LogP contribution in [0.25, 0.3) is 0 Å². The SMILES string of the molecule is CCOC1CC(N)(C(=O)N2CCC(Nc3cccc(C)c3)CC2)C1(C)C.Cl.Cl. The van der Waals surface area contributed by atoms with Crippen LogP contribution in [0.1, 0.15) is 45.6 Å². The largest absolute Gasteiger partial charge is 0.382 e. The molecule has 2 unspecified atom stereocenters. The number of hydrogen-bond acceptors (Lipinski definition) is 4. The lowest BCUT2D eigenvalue weighted by atomic mass is 9.54. The number of halogens is 2. The molecule has 1 aromatic rings. The molecule has 2 atom stereocenters. The highest BCUT2D eigenvalue weighted by Gasteiger charge is 2.63. The number of nitrogens with two attached hydrogens (primary N) is 1. The van der Waals surface area contributed by atoms with Gasteiger partial charge in [-0.1, -0.05) is 26.0 Å². The third-order valence-electron chi connectivity index (χ3n) is 6.38. The molecule has 1 heterocycles. The van der Waals surface area contributed by atoms with Gasteiger partial charge in [-0.3, -0.25) is 4.79 Å². The van der Waals surface area contributed by atoms with Crippen LogP contribution in [0.3, 0.4) is 0 Å². The van der Waals surface area contributed by atoms with Crippen LogP contribution in [0, 0.1) is 12.3 Å². The van der Waals surface area contributed by atoms with Crippen molar-refractivity contribution in [1.29, 1.82) is 0 Å². The lowest BCUT2D eigenvalue weighted by Gasteiger charge is -2.59. The van der Waals surface area contributed by atoms with Gasteiger partial charge in [0.1, 0.15) is 5.54 Å². The summed E-state index contributed by atoms with van der Waals surface area (Å²) in [5, 5.41) is 3.60. The van der Waals surface area contributed by atoms with E-state index >= 15 is 0 Å². The van der Waals surface area contributed by atoms with E-state index in [4.69, 9.17) is 10.5 Å². The van der Waals surface area contributed by atoms with E-state index in [1.54, 1.807) is 0 Å². The normalized spacial score (nSPS) is 26.5. The molecule has 28 heavy (non-hydrogen) atoms. The number of anilines is 1. The molecule has 0 radical (unpaired) electrons. The summed E-state index contributed by atoms with van der Waals surface area (Å²) in [6.07, 6.45) is 2.59. The van der Waals surface area contributed by atoms with Crippen molar-refractivity contribution in [2.45, 2.75) is 64.6 Å². The van der Waals surface area contributed by atoms with Crippen molar-refractivity contribution in [2.24, 2.45) is 11.1 Å². The first-order valence-electron chi connectivity index (χ1n) is 9.81. The van der Waals surface area contributed by atoms with Gasteiger partial charge < -0.3 is 20.7 Å². The molecule has 0 spiro atoms. The molecule has 0 bridgehead atoms. The van der Waals surface area contributed by atoms with Crippen LogP contribution in [0.15, 0.2) is 24.3 Å². The van der Waals surface area contributed by atoms with Gasteiger partial charge >= 0.3 is 0 Å². The highest BCUT2D eigenvalue weighted by Crippen LogP contribution is 2.50. The molecule has 3 N–H and O–H groups in total. The summed E-state index contributed by atoms with van der Waals surface area (Å²) in [6.45, 7) is 10.4. The van der Waals surface area contributed by atoms with Crippen LogP contribution in [0.2, 0.25) is 0 Å². The van der Waals surface area contributed by atoms with Crippen molar-refractivity contribution < 1.29 is 9.53 Å². The average molecular weight is 432 g/mol. The Balaban J connectivity index is 0.00000196. The summed E-state index contributed by atoms with van der Waals surface area (Å²) in [7, 11) is 0. The molecule has 2 fully saturated rings. The first-order chi connectivity index (χ1) is 12.3. The number of ether oxygens (including phenoxy) is 1. The Hall–Kier alpha value is -1.01. The number of carbonyl (C=O) groups excluding carboxylic acids is 1. The van der Waals surface area contributed by atoms with Gasteiger partial charge in [0.05, 0.1) is 6.10 Å². The average Bonchev–Trinajstić information content (AvgIpc) is 2.61. The minimum atomic E-state index is -0.802. The van der Waals surface area contributed by atoms with Gasteiger partial charge in [-0.15, -0.1) is 24.8 Å². The number of hydrogen-bond donors (Lipinski definition) is 2. The van der Waals surface area contributed by atoms with Crippen LogP contribution in [0.4, 0.5) is 5.69 Å². The number of piperidine rings is 1. The molecular formula is C21H35Cl2N3O2. The third kappa shape index (κ3) is 4.59. The zero-order chi connectivity index (χ0) is 18.9. The summed E-state index contributed by atoms with van der Waals surface area (Å²) < 4.78 is 5.76. The Bertz CT molecular complexity index is 663. The van der Waals surface area contributed by atoms with Crippen LogP contribution >= 0.6 is 24.8 Å². The maximum absolute atomic E-state index is 13.1. The van der Waals surface area contributed by atoms with Crippen molar-refractivity contribution in [3.05, 3.63) is 29.8 Å². The number of likely N-dealkylation sites (tertiary alicyclic amines) is 1. The summed E-state index contributed by atoms with van der Waals surface area (Å²) >= 11 is 0. The predicted octanol–water partition coefficient (Wildman–Crippen LogP) is 3.77. The van der Waals surface area contributed by atoms with E-state index in [2.05, 4.69) is 50.4 Å². The fourth-order valence-electron chi connectivity index (χ4n) is 4.28. The molecule has 160 valence electrons. The predicted molar refractivity (Wildman–Crippen MR) is 120 cm³/mol. The fraction of sp³-hybridized carbons (Fsp3) is 0.667. The minimum Gasteiger partial charge on any atom is -0.382 e. The molecule has 3 rings (SSSR count). The van der Waals surface area contributed by atoms with Crippen molar-refractivity contribution in [3.8, 4) is 0 Å². The lowest BCUT2D eigenvalue weighted by molar-refractivity contribution is -0.180. The Morgan fingerprint density at radius 1 is 1.29 bits per heavy atom. The molecule has 2 aliphatic rings. The fourth-order valence-corrected chi connectivity index (χ4v) is 4.28. The zero-order valence-corrected chi connectivity index (χ0v) is 19.0. The van der Waals surface area contributed by atoms with E-state index in [0.29, 0.717) is 19.1 Å². The van der Waals surface area contributed by atoms with Crippen molar-refractivity contribution >= 4 is 36.4 Å². The molecule has 5 nitrogen and oxygen atoms in total. The monoisotopic (exact) mass is 431 g/mol. The number of amides is 1. The molecule has 1 aliphatic carbocycles. The van der Waals surface area contributed by atoms with E-state index in [1.807, 2.05) is 11.8 Å². The zero-order valence-electron chi connectivity index (χ0n) is 17.4. The lowest BCUT2D eigenvalue weighted by Crippen LogP contribution is -2.76. The maximum Gasteiger partial charge on any atom is 0.243 e. The summed E-state index contributed by atoms with van der Waals surface area (Å²) in [6, 6.07) is 8.84. The number of aryl methyl sites for hydroxylation is 1. The maximum atomic E-state index is 13.1. The van der Waals surface area contributed by atoms with E-state index in [1.165, 1.54) is 5.56 Å². The number of nitrogens with zero attached hydrogens (tertiary/aromatic N) is 1. The second kappa shape index (κ2) is 9.66. The quantitative estimate of drug-likeness (QED) is 0.743. The van der Waals surface area contributed by atoms with E-state index in [9.17, 15) is 4.79 Å². The first-order valence-corrected chi connectivity index (χ1v) is 9.81. The van der Waals surface area contributed by atoms with Crippen molar-refractivity contribution in [2.75, 3.05) is 25.0 Å². The minimum absolute atomic E-state index is 0. The summed E-state index contributed by atoms with van der Waals surface area (Å²) in [5.41, 5.74) is 7.85. The van der Waals surface area contributed by atoms with Crippen LogP contribution in [0.5, 0.6) is 0 Å². The smallest absolute Gasteiger partial charge is 0.243 e. The van der Waals surface area contributed by atoms with E-state index in [-0.39, 0.29) is 42.2 Å². The Labute approximate surface area is 181 Å². The molecule has 1 saturated heterocycles. The van der Waals surface area contributed by atoms with Gasteiger partial charge in [0.15, 0.2) is 0 Å². The Morgan fingerprint density at radius 3 is 2.46 bits per heavy atom. The molecule has 7 heteroatoms. The molecule has 0 aromatic heterocycles. The number of rotatable bonds is 5. The molecular weight excluding hydrogens is 397 g/mol. The van der Waals surface area contributed by atoms with Gasteiger partial charge in [-0.25, -0.2) is 0 Å². The topological polar surface area (TPSA) is 67.6 Å². The van der Waals surface area contributed by atoms with Gasteiger partial charge in [0.2, 0.25) is 5.91 Å².